The Hall–Kier alpha value is -2.08. The van der Waals surface area contributed by atoms with E-state index in [-0.39, 0.29) is 0 Å². The molecule has 79 valence electrons. The van der Waals surface area contributed by atoms with E-state index in [1.54, 1.807) is 0 Å². The van der Waals surface area contributed by atoms with Crippen LogP contribution >= 0.6 is 0 Å². The summed E-state index contributed by atoms with van der Waals surface area (Å²) in [5.74, 6) is 0. The smallest absolute Gasteiger partial charge is 0.00575 e. The maximum atomic E-state index is 3.39. The number of hydrogen-bond donors (Lipinski definition) is 0. The zero-order valence-electron chi connectivity index (χ0n) is 9.40. The summed E-state index contributed by atoms with van der Waals surface area (Å²) in [6, 6.07) is 8.65. The third-order valence-electron chi connectivity index (χ3n) is 3.60. The normalized spacial score (nSPS) is 15.3. The zero-order valence-corrected chi connectivity index (χ0v) is 9.40. The molecule has 0 aromatic heterocycles. The summed E-state index contributed by atoms with van der Waals surface area (Å²) in [6.45, 7) is 0. The van der Waals surface area contributed by atoms with Crippen LogP contribution in [0.5, 0.6) is 0 Å². The summed E-state index contributed by atoms with van der Waals surface area (Å²) >= 11 is 0. The van der Waals surface area contributed by atoms with Crippen molar-refractivity contribution in [2.24, 2.45) is 0 Å². The van der Waals surface area contributed by atoms with Crippen molar-refractivity contribution in [2.75, 3.05) is 0 Å². The Labute approximate surface area is 99.9 Å². The molecular weight excluding hydrogens is 204 g/mol. The fraction of sp³-hybridized carbons (Fsp3) is 0.0588. The monoisotopic (exact) mass is 215 g/mol. The van der Waals surface area contributed by atoms with Crippen LogP contribution in [0, 0.1) is 6.08 Å². The van der Waals surface area contributed by atoms with Gasteiger partial charge in [-0.25, -0.2) is 0 Å². The van der Waals surface area contributed by atoms with Crippen LogP contribution in [0.1, 0.15) is 11.1 Å². The van der Waals surface area contributed by atoms with E-state index < -0.39 is 0 Å². The first-order valence-electron chi connectivity index (χ1n) is 5.96. The molecule has 2 aliphatic rings. The van der Waals surface area contributed by atoms with Gasteiger partial charge in [0, 0.05) is 0 Å². The van der Waals surface area contributed by atoms with E-state index in [9.17, 15) is 0 Å². The van der Waals surface area contributed by atoms with E-state index in [1.165, 1.54) is 32.3 Å². The Morgan fingerprint density at radius 1 is 0.941 bits per heavy atom. The zero-order chi connectivity index (χ0) is 11.2. The van der Waals surface area contributed by atoms with Crippen LogP contribution in [0.3, 0.4) is 0 Å². The largest absolute Gasteiger partial charge is 0.0801 e. The van der Waals surface area contributed by atoms with E-state index in [0.29, 0.717) is 0 Å². The van der Waals surface area contributed by atoms with Gasteiger partial charge in [0.15, 0.2) is 0 Å². The van der Waals surface area contributed by atoms with E-state index in [1.807, 2.05) is 6.08 Å². The molecule has 0 heteroatoms. The standard InChI is InChI=1S/C17H11/c1-3-8-14-12(6-1)13-7-2-4-9-15(13)17-11-5-10-16(14)17/h1-8,10H,9H2. The molecule has 0 saturated carbocycles. The third kappa shape index (κ3) is 1.13. The topological polar surface area (TPSA) is 0 Å². The van der Waals surface area contributed by atoms with Crippen molar-refractivity contribution in [1.82, 2.24) is 0 Å². The highest BCUT2D eigenvalue weighted by atomic mass is 14.2. The minimum Gasteiger partial charge on any atom is -0.0801 e. The maximum absolute atomic E-state index is 3.39. The first-order valence-corrected chi connectivity index (χ1v) is 5.96. The second kappa shape index (κ2) is 3.21. The summed E-state index contributed by atoms with van der Waals surface area (Å²) in [7, 11) is 0. The molecule has 2 aromatic rings. The highest BCUT2D eigenvalue weighted by Crippen LogP contribution is 2.16. The van der Waals surface area contributed by atoms with Gasteiger partial charge in [0.1, 0.15) is 0 Å². The second-order valence-electron chi connectivity index (χ2n) is 4.50. The van der Waals surface area contributed by atoms with Crippen LogP contribution in [0.15, 0.2) is 42.5 Å². The predicted octanol–water partition coefficient (Wildman–Crippen LogP) is 2.23. The number of allylic oxidation sites excluding steroid dienone is 3. The van der Waals surface area contributed by atoms with Gasteiger partial charge in [-0.05, 0) is 44.8 Å². The molecule has 17 heavy (non-hydrogen) atoms. The third-order valence-corrected chi connectivity index (χ3v) is 3.60. The fourth-order valence-electron chi connectivity index (χ4n) is 2.85. The van der Waals surface area contributed by atoms with E-state index in [2.05, 4.69) is 54.6 Å². The number of rotatable bonds is 0. The van der Waals surface area contributed by atoms with Crippen LogP contribution < -0.4 is 10.4 Å². The molecule has 2 aromatic carbocycles. The highest BCUT2D eigenvalue weighted by Gasteiger charge is 2.12. The Morgan fingerprint density at radius 2 is 1.76 bits per heavy atom. The van der Waals surface area contributed by atoms with Crippen LogP contribution in [0.4, 0.5) is 0 Å². The van der Waals surface area contributed by atoms with Crippen molar-refractivity contribution < 1.29 is 0 Å². The van der Waals surface area contributed by atoms with E-state index in [4.69, 9.17) is 0 Å². The molecule has 0 amide bonds. The molecule has 0 saturated heterocycles. The van der Waals surface area contributed by atoms with Crippen molar-refractivity contribution in [1.29, 1.82) is 0 Å². The summed E-state index contributed by atoms with van der Waals surface area (Å²) < 4.78 is 0. The van der Waals surface area contributed by atoms with Gasteiger partial charge in [-0.1, -0.05) is 54.6 Å². The molecular formula is C17H11. The molecule has 0 N–H and O–H groups in total. The van der Waals surface area contributed by atoms with Crippen molar-refractivity contribution in [3.05, 3.63) is 70.1 Å². The van der Waals surface area contributed by atoms with Gasteiger partial charge in [0.05, 0.1) is 0 Å². The first-order chi connectivity index (χ1) is 8.45. The first kappa shape index (κ1) is 9.00. The average molecular weight is 215 g/mol. The number of hydrogen-bond acceptors (Lipinski definition) is 0. The van der Waals surface area contributed by atoms with Crippen molar-refractivity contribution in [2.45, 2.75) is 6.42 Å². The average Bonchev–Trinajstić information content (AvgIpc) is 2.89. The molecule has 0 atom stereocenters. The summed E-state index contributed by atoms with van der Waals surface area (Å²) in [5.41, 5.74) is 2.71. The molecule has 1 radical (unpaired) electrons. The Morgan fingerprint density at radius 3 is 2.65 bits per heavy atom. The molecule has 4 rings (SSSR count). The lowest BCUT2D eigenvalue weighted by molar-refractivity contribution is 1.21. The Bertz CT molecular complexity index is 802. The molecule has 0 unspecified atom stereocenters. The van der Waals surface area contributed by atoms with Gasteiger partial charge in [-0.3, -0.25) is 0 Å². The van der Waals surface area contributed by atoms with Gasteiger partial charge < -0.3 is 0 Å². The molecule has 2 aliphatic carbocycles. The van der Waals surface area contributed by atoms with Gasteiger partial charge in [0.25, 0.3) is 0 Å². The summed E-state index contributed by atoms with van der Waals surface area (Å²) in [4.78, 5) is 0. The summed E-state index contributed by atoms with van der Waals surface area (Å²) in [5, 5.41) is 5.41. The molecule has 0 aliphatic heterocycles. The predicted molar refractivity (Wildman–Crippen MR) is 71.9 cm³/mol. The number of fused-ring (bicyclic) bond motifs is 6. The lowest BCUT2D eigenvalue weighted by atomic mass is 9.92. The maximum Gasteiger partial charge on any atom is -0.00575 e. The van der Waals surface area contributed by atoms with Gasteiger partial charge in [-0.15, -0.1) is 0 Å². The van der Waals surface area contributed by atoms with Gasteiger partial charge >= 0.3 is 0 Å². The van der Waals surface area contributed by atoms with E-state index >= 15 is 0 Å². The van der Waals surface area contributed by atoms with Crippen LogP contribution in [-0.4, -0.2) is 0 Å². The minimum atomic E-state index is 1.02. The molecule has 0 fully saturated rings. The van der Waals surface area contributed by atoms with Crippen LogP contribution in [0.2, 0.25) is 0 Å². The summed E-state index contributed by atoms with van der Waals surface area (Å²) in [6.07, 6.45) is 15.2. The SMILES string of the molecule is [C]1=CC=c2c1c1c(c3ccccc23)=CC=CC1. The minimum absolute atomic E-state index is 1.02. The van der Waals surface area contributed by atoms with E-state index in [0.717, 1.165) is 6.42 Å². The molecule has 0 nitrogen and oxygen atoms in total. The van der Waals surface area contributed by atoms with Crippen molar-refractivity contribution in [3.8, 4) is 0 Å². The van der Waals surface area contributed by atoms with Crippen LogP contribution in [0.25, 0.3) is 22.9 Å². The second-order valence-corrected chi connectivity index (χ2v) is 4.50. The van der Waals surface area contributed by atoms with Crippen molar-refractivity contribution >= 4 is 22.9 Å². The highest BCUT2D eigenvalue weighted by molar-refractivity contribution is 5.89. The molecule has 0 spiro atoms. The van der Waals surface area contributed by atoms with Crippen molar-refractivity contribution in [3.63, 3.8) is 0 Å². The molecule has 0 bridgehead atoms. The Balaban J connectivity index is 2.38. The van der Waals surface area contributed by atoms with Gasteiger partial charge in [-0.2, -0.15) is 0 Å². The lowest BCUT2D eigenvalue weighted by Gasteiger charge is -2.11. The lowest BCUT2D eigenvalue weighted by Crippen LogP contribution is -2.22. The Kier molecular flexibility index (Phi) is 1.70. The quantitative estimate of drug-likeness (QED) is 0.632. The van der Waals surface area contributed by atoms with Gasteiger partial charge in [0.2, 0.25) is 0 Å². The fourth-order valence-corrected chi connectivity index (χ4v) is 2.85. The number of benzene rings is 2. The molecule has 0 heterocycles. The van der Waals surface area contributed by atoms with Crippen LogP contribution in [-0.2, 0) is 6.42 Å².